The van der Waals surface area contributed by atoms with E-state index in [0.717, 1.165) is 44.3 Å². The second-order valence-electron chi connectivity index (χ2n) is 7.18. The molecule has 4 rings (SSSR count). The van der Waals surface area contributed by atoms with Crippen molar-refractivity contribution in [3.05, 3.63) is 48.0 Å². The van der Waals surface area contributed by atoms with Crippen LogP contribution in [-0.4, -0.2) is 51.2 Å². The van der Waals surface area contributed by atoms with Crippen molar-refractivity contribution in [1.29, 1.82) is 0 Å². The molecule has 134 valence electrons. The van der Waals surface area contributed by atoms with Gasteiger partial charge in [-0.1, -0.05) is 12.1 Å². The lowest BCUT2D eigenvalue weighted by Gasteiger charge is -2.42. The zero-order valence-corrected chi connectivity index (χ0v) is 14.4. The standard InChI is InChI=1S/C19H24FN3O2/c1-25-19-7-6-15(24)10-18(19)22(9-8-19)12-14-11-21-23(13-14)17-5-3-2-4-16(17)20/h2-5,11,13,15,18,24H,6-10,12H2,1H3/t15-,18-,19+/m0/s1. The molecule has 1 aliphatic heterocycles. The molecule has 2 aromatic rings. The molecule has 1 saturated carbocycles. The van der Waals surface area contributed by atoms with E-state index in [0.29, 0.717) is 5.69 Å². The molecule has 6 heteroatoms. The third-order valence-electron chi connectivity index (χ3n) is 5.79. The lowest BCUT2D eigenvalue weighted by molar-refractivity contribution is -0.0879. The summed E-state index contributed by atoms with van der Waals surface area (Å²) in [4.78, 5) is 2.37. The quantitative estimate of drug-likeness (QED) is 0.925. The molecule has 1 saturated heterocycles. The molecule has 2 aliphatic rings. The predicted octanol–water partition coefficient (Wildman–Crippen LogP) is 2.52. The van der Waals surface area contributed by atoms with Gasteiger partial charge in [-0.15, -0.1) is 0 Å². The number of likely N-dealkylation sites (tertiary alicyclic amines) is 1. The molecule has 0 spiro atoms. The van der Waals surface area contributed by atoms with Gasteiger partial charge in [0.15, 0.2) is 0 Å². The highest BCUT2D eigenvalue weighted by molar-refractivity contribution is 5.33. The van der Waals surface area contributed by atoms with E-state index < -0.39 is 0 Å². The number of para-hydroxylation sites is 1. The number of aliphatic hydroxyl groups is 1. The number of halogens is 1. The van der Waals surface area contributed by atoms with Gasteiger partial charge < -0.3 is 9.84 Å². The fraction of sp³-hybridized carbons (Fsp3) is 0.526. The van der Waals surface area contributed by atoms with Gasteiger partial charge in [0.05, 0.1) is 17.9 Å². The van der Waals surface area contributed by atoms with Crippen LogP contribution in [0.3, 0.4) is 0 Å². The van der Waals surface area contributed by atoms with E-state index in [1.165, 1.54) is 6.07 Å². The van der Waals surface area contributed by atoms with Crippen LogP contribution in [0.4, 0.5) is 4.39 Å². The minimum atomic E-state index is -0.285. The summed E-state index contributed by atoms with van der Waals surface area (Å²) in [5.41, 5.74) is 1.35. The summed E-state index contributed by atoms with van der Waals surface area (Å²) in [5, 5.41) is 14.4. The van der Waals surface area contributed by atoms with Gasteiger partial charge in [0.1, 0.15) is 11.5 Å². The Hall–Kier alpha value is -1.76. The number of aromatic nitrogens is 2. The number of methoxy groups -OCH3 is 1. The minimum Gasteiger partial charge on any atom is -0.393 e. The van der Waals surface area contributed by atoms with Crippen LogP contribution in [0, 0.1) is 5.82 Å². The number of nitrogens with zero attached hydrogens (tertiary/aromatic N) is 3. The minimum absolute atomic E-state index is 0.138. The molecule has 1 aliphatic carbocycles. The second kappa shape index (κ2) is 6.52. The highest BCUT2D eigenvalue weighted by Crippen LogP contribution is 2.42. The van der Waals surface area contributed by atoms with Crippen LogP contribution in [0.5, 0.6) is 0 Å². The summed E-state index contributed by atoms with van der Waals surface area (Å²) in [6, 6.07) is 6.85. The topological polar surface area (TPSA) is 50.5 Å². The first kappa shape index (κ1) is 16.7. The zero-order valence-electron chi connectivity index (χ0n) is 14.4. The Kier molecular flexibility index (Phi) is 4.35. The number of rotatable bonds is 4. The van der Waals surface area contributed by atoms with Crippen molar-refractivity contribution in [2.24, 2.45) is 0 Å². The average molecular weight is 345 g/mol. The molecule has 1 aromatic heterocycles. The molecule has 0 unspecified atom stereocenters. The normalized spacial score (nSPS) is 29.7. The fourth-order valence-electron chi connectivity index (χ4n) is 4.40. The Labute approximate surface area is 147 Å². The van der Waals surface area contributed by atoms with E-state index in [2.05, 4.69) is 10.00 Å². The SMILES string of the molecule is CO[C@@]12CC[C@H](O)C[C@@H]1N(Cc1cnn(-c3ccccc3F)c1)CC2. The van der Waals surface area contributed by atoms with Crippen LogP contribution in [0.15, 0.2) is 36.7 Å². The third kappa shape index (κ3) is 2.99. The highest BCUT2D eigenvalue weighted by atomic mass is 19.1. The first-order valence-corrected chi connectivity index (χ1v) is 8.87. The number of aliphatic hydroxyl groups excluding tert-OH is 1. The first-order chi connectivity index (χ1) is 12.1. The summed E-state index contributed by atoms with van der Waals surface area (Å²) >= 11 is 0. The van der Waals surface area contributed by atoms with Crippen LogP contribution in [0.1, 0.15) is 31.2 Å². The molecule has 2 heterocycles. The van der Waals surface area contributed by atoms with E-state index in [-0.39, 0.29) is 23.6 Å². The fourth-order valence-corrected chi connectivity index (χ4v) is 4.40. The maximum absolute atomic E-state index is 13.9. The number of hydrogen-bond acceptors (Lipinski definition) is 4. The lowest BCUT2D eigenvalue weighted by Crippen LogP contribution is -2.51. The maximum Gasteiger partial charge on any atom is 0.148 e. The van der Waals surface area contributed by atoms with Gasteiger partial charge in [-0.2, -0.15) is 5.10 Å². The van der Waals surface area contributed by atoms with Gasteiger partial charge >= 0.3 is 0 Å². The molecule has 25 heavy (non-hydrogen) atoms. The first-order valence-electron chi connectivity index (χ1n) is 8.87. The van der Waals surface area contributed by atoms with Crippen molar-refractivity contribution in [2.45, 2.75) is 50.0 Å². The zero-order chi connectivity index (χ0) is 17.4. The summed E-state index contributed by atoms with van der Waals surface area (Å²) in [6.45, 7) is 1.67. The van der Waals surface area contributed by atoms with Crippen LogP contribution >= 0.6 is 0 Å². The van der Waals surface area contributed by atoms with Gasteiger partial charge in [0, 0.05) is 38.0 Å². The third-order valence-corrected chi connectivity index (χ3v) is 5.79. The van der Waals surface area contributed by atoms with Gasteiger partial charge in [0.25, 0.3) is 0 Å². The Morgan fingerprint density at radius 3 is 3.00 bits per heavy atom. The number of benzene rings is 1. The van der Waals surface area contributed by atoms with Crippen molar-refractivity contribution in [1.82, 2.24) is 14.7 Å². The summed E-state index contributed by atoms with van der Waals surface area (Å²) < 4.78 is 21.4. The van der Waals surface area contributed by atoms with E-state index in [4.69, 9.17) is 4.74 Å². The Balaban J connectivity index is 1.52. The monoisotopic (exact) mass is 345 g/mol. The Morgan fingerprint density at radius 2 is 2.20 bits per heavy atom. The van der Waals surface area contributed by atoms with Crippen molar-refractivity contribution >= 4 is 0 Å². The molecule has 1 N–H and O–H groups in total. The molecule has 0 amide bonds. The number of ether oxygens (including phenoxy) is 1. The van der Waals surface area contributed by atoms with E-state index in [9.17, 15) is 9.50 Å². The highest BCUT2D eigenvalue weighted by Gasteiger charge is 2.50. The van der Waals surface area contributed by atoms with Gasteiger partial charge in [-0.3, -0.25) is 4.90 Å². The molecule has 1 aromatic carbocycles. The Bertz CT molecular complexity index is 750. The van der Waals surface area contributed by atoms with Crippen molar-refractivity contribution < 1.29 is 14.2 Å². The smallest absolute Gasteiger partial charge is 0.148 e. The summed E-state index contributed by atoms with van der Waals surface area (Å²) in [7, 11) is 1.78. The summed E-state index contributed by atoms with van der Waals surface area (Å²) in [6.07, 6.45) is 6.86. The van der Waals surface area contributed by atoms with Gasteiger partial charge in [-0.25, -0.2) is 9.07 Å². The molecular weight excluding hydrogens is 321 g/mol. The molecule has 0 bridgehead atoms. The average Bonchev–Trinajstić information content (AvgIpc) is 3.22. The maximum atomic E-state index is 13.9. The Morgan fingerprint density at radius 1 is 1.36 bits per heavy atom. The largest absolute Gasteiger partial charge is 0.393 e. The van der Waals surface area contributed by atoms with E-state index in [1.807, 2.05) is 6.20 Å². The predicted molar refractivity (Wildman–Crippen MR) is 91.9 cm³/mol. The molecule has 3 atom stereocenters. The van der Waals surface area contributed by atoms with Crippen LogP contribution in [0.2, 0.25) is 0 Å². The van der Waals surface area contributed by atoms with Gasteiger partial charge in [-0.05, 0) is 37.8 Å². The number of fused-ring (bicyclic) bond motifs is 1. The lowest BCUT2D eigenvalue weighted by atomic mass is 9.79. The molecule has 0 radical (unpaired) electrons. The van der Waals surface area contributed by atoms with E-state index >= 15 is 0 Å². The number of hydrogen-bond donors (Lipinski definition) is 1. The van der Waals surface area contributed by atoms with Crippen LogP contribution < -0.4 is 0 Å². The van der Waals surface area contributed by atoms with Crippen LogP contribution in [0.25, 0.3) is 5.69 Å². The van der Waals surface area contributed by atoms with Crippen molar-refractivity contribution in [3.63, 3.8) is 0 Å². The molecular formula is C19H24FN3O2. The molecule has 5 nitrogen and oxygen atoms in total. The van der Waals surface area contributed by atoms with Crippen molar-refractivity contribution in [3.8, 4) is 5.69 Å². The van der Waals surface area contributed by atoms with Crippen molar-refractivity contribution in [2.75, 3.05) is 13.7 Å². The molecule has 2 fully saturated rings. The van der Waals surface area contributed by atoms with Crippen LogP contribution in [-0.2, 0) is 11.3 Å². The summed E-state index contributed by atoms with van der Waals surface area (Å²) in [5.74, 6) is -0.285. The van der Waals surface area contributed by atoms with Gasteiger partial charge in [0.2, 0.25) is 0 Å². The van der Waals surface area contributed by atoms with E-state index in [1.54, 1.807) is 36.2 Å². The second-order valence-corrected chi connectivity index (χ2v) is 7.18.